The van der Waals surface area contributed by atoms with Crippen LogP contribution in [0.3, 0.4) is 0 Å². The van der Waals surface area contributed by atoms with Crippen LogP contribution in [-0.4, -0.2) is 17.0 Å². The van der Waals surface area contributed by atoms with Gasteiger partial charge >= 0.3 is 0 Å². The predicted molar refractivity (Wildman–Crippen MR) is 62.6 cm³/mol. The van der Waals surface area contributed by atoms with Crippen molar-refractivity contribution in [2.75, 3.05) is 11.9 Å². The number of hydrogen-bond donors (Lipinski definition) is 0. The minimum atomic E-state index is 0.490. The molecule has 0 amide bonds. The Morgan fingerprint density at radius 1 is 1.44 bits per heavy atom. The average molecular weight is 238 g/mol. The summed E-state index contributed by atoms with van der Waals surface area (Å²) in [5, 5.41) is 0.490. The monoisotopic (exact) mass is 237 g/mol. The molecule has 84 valence electrons. The predicted octanol–water partition coefficient (Wildman–Crippen LogP) is 2.67. The maximum atomic E-state index is 5.94. The van der Waals surface area contributed by atoms with Crippen LogP contribution in [-0.2, 0) is 6.54 Å². The lowest BCUT2D eigenvalue weighted by atomic mass is 10.3. The molecule has 0 radical (unpaired) electrons. The topological polar surface area (TPSA) is 42.2 Å². The van der Waals surface area contributed by atoms with Gasteiger partial charge in [0.1, 0.15) is 17.3 Å². The number of rotatable bonds is 3. The van der Waals surface area contributed by atoms with Crippen LogP contribution in [0.2, 0.25) is 5.15 Å². The Hall–Kier alpha value is -1.55. The van der Waals surface area contributed by atoms with E-state index in [1.165, 1.54) is 6.33 Å². The van der Waals surface area contributed by atoms with Gasteiger partial charge in [0.25, 0.3) is 0 Å². The fraction of sp³-hybridized carbons (Fsp3) is 0.273. The van der Waals surface area contributed by atoms with E-state index in [2.05, 4.69) is 9.97 Å². The average Bonchev–Trinajstić information content (AvgIpc) is 2.74. The molecule has 0 aromatic carbocycles. The zero-order chi connectivity index (χ0) is 11.5. The molecule has 0 aliphatic rings. The minimum absolute atomic E-state index is 0.490. The first kappa shape index (κ1) is 11.0. The van der Waals surface area contributed by atoms with Crippen molar-refractivity contribution in [2.24, 2.45) is 0 Å². The Bertz CT molecular complexity index is 470. The molecule has 0 aliphatic heterocycles. The van der Waals surface area contributed by atoms with Gasteiger partial charge in [0.05, 0.1) is 12.5 Å². The first-order valence-electron chi connectivity index (χ1n) is 4.88. The van der Waals surface area contributed by atoms with Crippen molar-refractivity contribution in [1.29, 1.82) is 0 Å². The van der Waals surface area contributed by atoms with Crippen molar-refractivity contribution in [3.8, 4) is 0 Å². The molecule has 2 aromatic heterocycles. The maximum absolute atomic E-state index is 5.94. The van der Waals surface area contributed by atoms with Gasteiger partial charge in [-0.3, -0.25) is 0 Å². The van der Waals surface area contributed by atoms with Crippen LogP contribution in [0.15, 0.2) is 29.3 Å². The van der Waals surface area contributed by atoms with E-state index in [1.807, 2.05) is 24.9 Å². The Morgan fingerprint density at radius 2 is 2.25 bits per heavy atom. The number of anilines is 1. The highest BCUT2D eigenvalue weighted by molar-refractivity contribution is 6.30. The SMILES string of the molecule is Cc1c(Cl)ncnc1N(C)Cc1ccoc1. The molecule has 0 atom stereocenters. The van der Waals surface area contributed by atoms with Gasteiger partial charge in [0.2, 0.25) is 0 Å². The van der Waals surface area contributed by atoms with Gasteiger partial charge in [0.15, 0.2) is 0 Å². The summed E-state index contributed by atoms with van der Waals surface area (Å²) in [4.78, 5) is 10.2. The number of aromatic nitrogens is 2. The van der Waals surface area contributed by atoms with Crippen molar-refractivity contribution >= 4 is 17.4 Å². The lowest BCUT2D eigenvalue weighted by molar-refractivity contribution is 0.563. The summed E-state index contributed by atoms with van der Waals surface area (Å²) < 4.78 is 5.02. The quantitative estimate of drug-likeness (QED) is 0.770. The molecule has 0 N–H and O–H groups in total. The molecule has 0 unspecified atom stereocenters. The molecular formula is C11H12ClN3O. The molecule has 16 heavy (non-hydrogen) atoms. The number of nitrogens with zero attached hydrogens (tertiary/aromatic N) is 3. The second-order valence-corrected chi connectivity index (χ2v) is 3.96. The van der Waals surface area contributed by atoms with Crippen LogP contribution in [0.1, 0.15) is 11.1 Å². The highest BCUT2D eigenvalue weighted by Crippen LogP contribution is 2.22. The Labute approximate surface area is 98.9 Å². The molecule has 0 saturated heterocycles. The summed E-state index contributed by atoms with van der Waals surface area (Å²) in [6.07, 6.45) is 4.84. The third kappa shape index (κ3) is 2.17. The third-order valence-corrected chi connectivity index (χ3v) is 2.74. The van der Waals surface area contributed by atoms with E-state index in [1.54, 1.807) is 12.5 Å². The van der Waals surface area contributed by atoms with E-state index in [4.69, 9.17) is 16.0 Å². The van der Waals surface area contributed by atoms with E-state index < -0.39 is 0 Å². The molecule has 2 rings (SSSR count). The van der Waals surface area contributed by atoms with Crippen LogP contribution in [0, 0.1) is 6.92 Å². The second-order valence-electron chi connectivity index (χ2n) is 3.60. The van der Waals surface area contributed by atoms with Gasteiger partial charge in [-0.1, -0.05) is 11.6 Å². The molecule has 0 fully saturated rings. The van der Waals surface area contributed by atoms with Crippen LogP contribution in [0.4, 0.5) is 5.82 Å². The molecule has 0 aliphatic carbocycles. The lowest BCUT2D eigenvalue weighted by Gasteiger charge is -2.19. The lowest BCUT2D eigenvalue weighted by Crippen LogP contribution is -2.18. The highest BCUT2D eigenvalue weighted by Gasteiger charge is 2.10. The Kier molecular flexibility index (Phi) is 3.10. The van der Waals surface area contributed by atoms with Crippen molar-refractivity contribution in [2.45, 2.75) is 13.5 Å². The fourth-order valence-corrected chi connectivity index (χ4v) is 1.66. The standard InChI is InChI=1S/C11H12ClN3O/c1-8-10(12)13-7-14-11(8)15(2)5-9-3-4-16-6-9/h3-4,6-7H,5H2,1-2H3. The van der Waals surface area contributed by atoms with Crippen molar-refractivity contribution < 1.29 is 4.42 Å². The number of halogens is 1. The molecule has 0 bridgehead atoms. The molecule has 0 spiro atoms. The van der Waals surface area contributed by atoms with E-state index in [-0.39, 0.29) is 0 Å². The van der Waals surface area contributed by atoms with Gasteiger partial charge in [-0.05, 0) is 13.0 Å². The van der Waals surface area contributed by atoms with E-state index in [9.17, 15) is 0 Å². The fourth-order valence-electron chi connectivity index (χ4n) is 1.54. The van der Waals surface area contributed by atoms with Gasteiger partial charge in [-0.15, -0.1) is 0 Å². The van der Waals surface area contributed by atoms with Crippen LogP contribution < -0.4 is 4.90 Å². The summed E-state index contributed by atoms with van der Waals surface area (Å²) in [5.41, 5.74) is 1.98. The first-order chi connectivity index (χ1) is 7.68. The van der Waals surface area contributed by atoms with Crippen molar-refractivity contribution in [1.82, 2.24) is 9.97 Å². The highest BCUT2D eigenvalue weighted by atomic mass is 35.5. The molecule has 4 nitrogen and oxygen atoms in total. The zero-order valence-corrected chi connectivity index (χ0v) is 9.90. The Morgan fingerprint density at radius 3 is 2.94 bits per heavy atom. The largest absolute Gasteiger partial charge is 0.472 e. The summed E-state index contributed by atoms with van der Waals surface area (Å²) in [6, 6.07) is 1.93. The van der Waals surface area contributed by atoms with Crippen LogP contribution >= 0.6 is 11.6 Å². The second kappa shape index (κ2) is 4.53. The van der Waals surface area contributed by atoms with Gasteiger partial charge in [-0.2, -0.15) is 0 Å². The summed E-state index contributed by atoms with van der Waals surface area (Å²) >= 11 is 5.94. The molecular weight excluding hydrogens is 226 g/mol. The van der Waals surface area contributed by atoms with Crippen molar-refractivity contribution in [3.05, 3.63) is 41.2 Å². The van der Waals surface area contributed by atoms with Crippen molar-refractivity contribution in [3.63, 3.8) is 0 Å². The minimum Gasteiger partial charge on any atom is -0.472 e. The van der Waals surface area contributed by atoms with Gasteiger partial charge < -0.3 is 9.32 Å². The summed E-state index contributed by atoms with van der Waals surface area (Å²) in [5.74, 6) is 0.834. The molecule has 5 heteroatoms. The zero-order valence-electron chi connectivity index (χ0n) is 9.14. The third-order valence-electron chi connectivity index (χ3n) is 2.36. The summed E-state index contributed by atoms with van der Waals surface area (Å²) in [7, 11) is 1.96. The number of furan rings is 1. The molecule has 0 saturated carbocycles. The number of hydrogen-bond acceptors (Lipinski definition) is 4. The first-order valence-corrected chi connectivity index (χ1v) is 5.25. The maximum Gasteiger partial charge on any atom is 0.137 e. The van der Waals surface area contributed by atoms with Crippen LogP contribution in [0.25, 0.3) is 0 Å². The Balaban J connectivity index is 2.21. The van der Waals surface area contributed by atoms with E-state index in [0.29, 0.717) is 5.15 Å². The summed E-state index contributed by atoms with van der Waals surface area (Å²) in [6.45, 7) is 2.63. The molecule has 2 heterocycles. The normalized spacial score (nSPS) is 10.4. The van der Waals surface area contributed by atoms with Crippen LogP contribution in [0.5, 0.6) is 0 Å². The molecule has 2 aromatic rings. The van der Waals surface area contributed by atoms with Gasteiger partial charge in [0, 0.05) is 24.7 Å². The smallest absolute Gasteiger partial charge is 0.137 e. The van der Waals surface area contributed by atoms with Gasteiger partial charge in [-0.25, -0.2) is 9.97 Å². The van der Waals surface area contributed by atoms with E-state index in [0.717, 1.165) is 23.5 Å². The van der Waals surface area contributed by atoms with E-state index >= 15 is 0 Å².